The van der Waals surface area contributed by atoms with Gasteiger partial charge in [0.15, 0.2) is 5.58 Å². The van der Waals surface area contributed by atoms with Gasteiger partial charge in [-0.2, -0.15) is 0 Å². The van der Waals surface area contributed by atoms with Crippen LogP contribution in [0.15, 0.2) is 105 Å². The molecule has 6 nitrogen and oxygen atoms in total. The van der Waals surface area contributed by atoms with Crippen LogP contribution < -0.4 is 10.4 Å². The fourth-order valence-electron chi connectivity index (χ4n) is 4.86. The fraction of sp³-hybridized carbons (Fsp3) is 0.206. The van der Waals surface area contributed by atoms with E-state index in [4.69, 9.17) is 18.3 Å². The van der Waals surface area contributed by atoms with Gasteiger partial charge in [0.05, 0.1) is 17.8 Å². The van der Waals surface area contributed by atoms with Crippen LogP contribution in [-0.4, -0.2) is 16.8 Å². The standard InChI is InChI=1S/C34H30O6/c1-34(2,36)18-17-26-28(38-21-23-11-7-4-8-12-23)16-15-27-31(26)40-33(35)30-25-14-13-24(19-29(25)39-32(27)30)37-20-22-9-5-3-6-10-22/h3-17,19,28,36H,18,20-21H2,1-2H3. The minimum Gasteiger partial charge on any atom is -0.489 e. The van der Waals surface area contributed by atoms with Crippen LogP contribution >= 0.6 is 0 Å². The third-order valence-electron chi connectivity index (χ3n) is 6.90. The Hall–Kier alpha value is -4.39. The minimum atomic E-state index is -0.946. The van der Waals surface area contributed by atoms with E-state index in [0.29, 0.717) is 64.2 Å². The summed E-state index contributed by atoms with van der Waals surface area (Å²) >= 11 is 0. The second-order valence-corrected chi connectivity index (χ2v) is 10.6. The van der Waals surface area contributed by atoms with Crippen LogP contribution in [0.3, 0.4) is 0 Å². The van der Waals surface area contributed by atoms with E-state index in [0.717, 1.165) is 11.1 Å². The van der Waals surface area contributed by atoms with E-state index in [1.165, 1.54) is 0 Å². The maximum absolute atomic E-state index is 13.4. The van der Waals surface area contributed by atoms with Gasteiger partial charge in [0.25, 0.3) is 0 Å². The molecule has 2 heterocycles. The predicted molar refractivity (Wildman–Crippen MR) is 156 cm³/mol. The number of hydrogen-bond donors (Lipinski definition) is 1. The number of aliphatic hydroxyl groups is 1. The van der Waals surface area contributed by atoms with Crippen LogP contribution in [-0.2, 0) is 18.0 Å². The highest BCUT2D eigenvalue weighted by molar-refractivity contribution is 6.08. The molecule has 3 aromatic carbocycles. The predicted octanol–water partition coefficient (Wildman–Crippen LogP) is 7.27. The topological polar surface area (TPSA) is 82.0 Å². The van der Waals surface area contributed by atoms with E-state index in [2.05, 4.69) is 0 Å². The zero-order valence-electron chi connectivity index (χ0n) is 22.4. The Morgan fingerprint density at radius 2 is 1.62 bits per heavy atom. The van der Waals surface area contributed by atoms with Gasteiger partial charge < -0.3 is 23.4 Å². The summed E-state index contributed by atoms with van der Waals surface area (Å²) in [5.41, 5.74) is 2.99. The Labute approximate surface area is 231 Å². The van der Waals surface area contributed by atoms with Gasteiger partial charge in [-0.05, 0) is 49.6 Å². The smallest absolute Gasteiger partial charge is 0.348 e. The second-order valence-electron chi connectivity index (χ2n) is 10.6. The van der Waals surface area contributed by atoms with Crippen molar-refractivity contribution in [3.05, 3.63) is 124 Å². The van der Waals surface area contributed by atoms with E-state index in [1.807, 2.05) is 91.0 Å². The lowest BCUT2D eigenvalue weighted by Gasteiger charge is -2.24. The van der Waals surface area contributed by atoms with Crippen molar-refractivity contribution in [1.29, 1.82) is 0 Å². The molecule has 1 atom stereocenters. The molecule has 5 aromatic rings. The summed E-state index contributed by atoms with van der Waals surface area (Å²) in [6.45, 7) is 4.28. The first kappa shape index (κ1) is 25.9. The normalized spacial score (nSPS) is 16.1. The molecule has 40 heavy (non-hydrogen) atoms. The van der Waals surface area contributed by atoms with Crippen LogP contribution in [0.5, 0.6) is 5.75 Å². The number of rotatable bonds is 8. The highest BCUT2D eigenvalue weighted by Gasteiger charge is 2.29. The zero-order valence-corrected chi connectivity index (χ0v) is 22.4. The summed E-state index contributed by atoms with van der Waals surface area (Å²) in [4.78, 5) is 13.4. The molecule has 0 radical (unpaired) electrons. The molecule has 6 heteroatoms. The van der Waals surface area contributed by atoms with E-state index >= 15 is 0 Å². The summed E-state index contributed by atoms with van der Waals surface area (Å²) in [5.74, 6) is 1.03. The van der Waals surface area contributed by atoms with Crippen LogP contribution in [0.1, 0.15) is 42.7 Å². The molecule has 0 saturated heterocycles. The SMILES string of the molecule is CC(C)(O)CC=C1c2oc(=O)c3c(oc4cc(OCc5ccccc5)ccc43)c2C=CC1OCc1ccccc1. The molecule has 1 aliphatic rings. The van der Waals surface area contributed by atoms with E-state index < -0.39 is 17.3 Å². The number of furan rings is 1. The lowest BCUT2D eigenvalue weighted by molar-refractivity contribution is 0.0827. The van der Waals surface area contributed by atoms with Crippen molar-refractivity contribution in [3.8, 4) is 5.75 Å². The van der Waals surface area contributed by atoms with Gasteiger partial charge >= 0.3 is 5.63 Å². The Morgan fingerprint density at radius 3 is 2.33 bits per heavy atom. The van der Waals surface area contributed by atoms with E-state index in [-0.39, 0.29) is 0 Å². The van der Waals surface area contributed by atoms with Gasteiger partial charge in [0.1, 0.15) is 35.2 Å². The van der Waals surface area contributed by atoms with E-state index in [1.54, 1.807) is 19.9 Å². The molecule has 0 bridgehead atoms. The highest BCUT2D eigenvalue weighted by atomic mass is 16.5. The Morgan fingerprint density at radius 1 is 0.925 bits per heavy atom. The van der Waals surface area contributed by atoms with Crippen molar-refractivity contribution in [3.63, 3.8) is 0 Å². The quantitative estimate of drug-likeness (QED) is 0.225. The molecule has 1 unspecified atom stereocenters. The van der Waals surface area contributed by atoms with Gasteiger partial charge in [-0.15, -0.1) is 0 Å². The summed E-state index contributed by atoms with van der Waals surface area (Å²) in [6, 6.07) is 25.3. The molecule has 0 spiro atoms. The molecule has 1 N–H and O–H groups in total. The summed E-state index contributed by atoms with van der Waals surface area (Å²) in [6.07, 6.45) is 5.59. The molecule has 0 saturated carbocycles. The number of benzene rings is 3. The van der Waals surface area contributed by atoms with Gasteiger partial charge in [-0.1, -0.05) is 72.8 Å². The maximum atomic E-state index is 13.4. The molecular weight excluding hydrogens is 504 g/mol. The molecule has 202 valence electrons. The van der Waals surface area contributed by atoms with Crippen molar-refractivity contribution < 1.29 is 23.4 Å². The van der Waals surface area contributed by atoms with E-state index in [9.17, 15) is 9.90 Å². The maximum Gasteiger partial charge on any atom is 0.348 e. The highest BCUT2D eigenvalue weighted by Crippen LogP contribution is 2.39. The molecule has 1 aliphatic carbocycles. The molecule has 2 aromatic heterocycles. The number of hydrogen-bond acceptors (Lipinski definition) is 6. The van der Waals surface area contributed by atoms with Crippen LogP contribution in [0.2, 0.25) is 0 Å². The molecule has 0 amide bonds. The summed E-state index contributed by atoms with van der Waals surface area (Å²) < 4.78 is 24.4. The van der Waals surface area contributed by atoms with Crippen molar-refractivity contribution in [2.24, 2.45) is 0 Å². The lowest BCUT2D eigenvalue weighted by atomic mass is 9.92. The monoisotopic (exact) mass is 534 g/mol. The minimum absolute atomic E-state index is 0.352. The summed E-state index contributed by atoms with van der Waals surface area (Å²) in [7, 11) is 0. The molecular formula is C34H30O6. The Balaban J connectivity index is 1.38. The van der Waals surface area contributed by atoms with Crippen molar-refractivity contribution in [2.45, 2.75) is 45.2 Å². The number of ether oxygens (including phenoxy) is 2. The van der Waals surface area contributed by atoms with Crippen LogP contribution in [0.25, 0.3) is 33.6 Å². The first-order chi connectivity index (χ1) is 19.4. The Bertz CT molecular complexity index is 1770. The first-order valence-electron chi connectivity index (χ1n) is 13.3. The van der Waals surface area contributed by atoms with Gasteiger partial charge in [0.2, 0.25) is 0 Å². The molecule has 6 rings (SSSR count). The largest absolute Gasteiger partial charge is 0.489 e. The zero-order chi connectivity index (χ0) is 27.7. The van der Waals surface area contributed by atoms with Crippen LogP contribution in [0.4, 0.5) is 0 Å². The third kappa shape index (κ3) is 5.37. The average molecular weight is 535 g/mol. The average Bonchev–Trinajstić information content (AvgIpc) is 3.34. The van der Waals surface area contributed by atoms with Gasteiger partial charge in [-0.3, -0.25) is 0 Å². The Kier molecular flexibility index (Phi) is 6.88. The number of fused-ring (bicyclic) bond motifs is 5. The van der Waals surface area contributed by atoms with Gasteiger partial charge in [0, 0.05) is 17.0 Å². The van der Waals surface area contributed by atoms with Crippen molar-refractivity contribution in [2.75, 3.05) is 0 Å². The van der Waals surface area contributed by atoms with Crippen molar-refractivity contribution in [1.82, 2.24) is 0 Å². The molecule has 0 fully saturated rings. The van der Waals surface area contributed by atoms with Crippen molar-refractivity contribution >= 4 is 33.6 Å². The molecule has 0 aliphatic heterocycles. The fourth-order valence-corrected chi connectivity index (χ4v) is 4.86. The first-order valence-corrected chi connectivity index (χ1v) is 13.3. The third-order valence-corrected chi connectivity index (χ3v) is 6.90. The lowest BCUT2D eigenvalue weighted by Crippen LogP contribution is -2.21. The van der Waals surface area contributed by atoms with Gasteiger partial charge in [-0.25, -0.2) is 4.79 Å². The van der Waals surface area contributed by atoms with Crippen LogP contribution in [0, 0.1) is 0 Å². The second kappa shape index (κ2) is 10.6. The summed E-state index contributed by atoms with van der Waals surface area (Å²) in [5, 5.41) is 11.5.